The minimum Gasteiger partial charge on any atom is -0.480 e. The molecule has 0 spiro atoms. The summed E-state index contributed by atoms with van der Waals surface area (Å²) in [5, 5.41) is 18.4. The van der Waals surface area contributed by atoms with Crippen LogP contribution in [-0.2, 0) is 38.4 Å². The maximum absolute atomic E-state index is 13.5. The number of benzene rings is 2. The number of imidazole rings is 1. The molecule has 8 N–H and O–H groups in total. The van der Waals surface area contributed by atoms with Crippen LogP contribution in [0.4, 0.5) is 0 Å². The molecule has 3 amide bonds. The van der Waals surface area contributed by atoms with Gasteiger partial charge in [-0.15, -0.1) is 0 Å². The van der Waals surface area contributed by atoms with E-state index in [1.807, 2.05) is 24.3 Å². The summed E-state index contributed by atoms with van der Waals surface area (Å²) in [6.07, 6.45) is 5.12. The van der Waals surface area contributed by atoms with Crippen LogP contribution >= 0.6 is 12.6 Å². The van der Waals surface area contributed by atoms with Crippen molar-refractivity contribution in [3.8, 4) is 0 Å². The smallest absolute Gasteiger partial charge is 0.326 e. The van der Waals surface area contributed by atoms with Gasteiger partial charge >= 0.3 is 5.97 Å². The first-order valence-corrected chi connectivity index (χ1v) is 13.9. The standard InChI is InChI=1S/C29H33N7O5S/c30-21(12-19-14-31-16-33-19)26(37)34-23(11-18-13-32-22-9-5-4-8-20(18)22)27(38)36-25(15-42)28(39)35-24(29(40)41)10-17-6-2-1-3-7-17/h1-9,13-14,16,21,23-25,32,42H,10-12,15,30H2,(H,31,33)(H,34,37)(H,35,39)(H,36,38)(H,40,41). The molecule has 4 unspecified atom stereocenters. The number of nitrogens with one attached hydrogen (secondary N) is 5. The third kappa shape index (κ3) is 7.98. The van der Waals surface area contributed by atoms with Crippen molar-refractivity contribution in [2.24, 2.45) is 5.73 Å². The van der Waals surface area contributed by atoms with Gasteiger partial charge in [0.2, 0.25) is 17.7 Å². The van der Waals surface area contributed by atoms with E-state index in [1.165, 1.54) is 6.33 Å². The van der Waals surface area contributed by atoms with Crippen molar-refractivity contribution in [1.82, 2.24) is 30.9 Å². The zero-order valence-electron chi connectivity index (χ0n) is 22.6. The number of hydrogen-bond donors (Lipinski definition) is 8. The molecule has 0 aliphatic rings. The van der Waals surface area contributed by atoms with Crippen LogP contribution < -0.4 is 21.7 Å². The Morgan fingerprint density at radius 2 is 1.50 bits per heavy atom. The molecule has 0 saturated heterocycles. The molecule has 2 aromatic carbocycles. The lowest BCUT2D eigenvalue weighted by atomic mass is 10.0. The van der Waals surface area contributed by atoms with Gasteiger partial charge in [-0.2, -0.15) is 12.6 Å². The van der Waals surface area contributed by atoms with Gasteiger partial charge in [0.25, 0.3) is 0 Å². The van der Waals surface area contributed by atoms with E-state index in [4.69, 9.17) is 5.73 Å². The van der Waals surface area contributed by atoms with Gasteiger partial charge in [-0.25, -0.2) is 9.78 Å². The quantitative estimate of drug-likeness (QED) is 0.0989. The Labute approximate surface area is 247 Å². The van der Waals surface area contributed by atoms with Crippen LogP contribution in [0.2, 0.25) is 0 Å². The molecule has 4 aromatic rings. The summed E-state index contributed by atoms with van der Waals surface area (Å²) in [5.41, 5.74) is 9.13. The summed E-state index contributed by atoms with van der Waals surface area (Å²) in [6, 6.07) is 11.9. The highest BCUT2D eigenvalue weighted by atomic mass is 32.1. The van der Waals surface area contributed by atoms with Crippen LogP contribution in [0.1, 0.15) is 16.8 Å². The Hall–Kier alpha value is -4.62. The van der Waals surface area contributed by atoms with E-state index in [9.17, 15) is 24.3 Å². The summed E-state index contributed by atoms with van der Waals surface area (Å²) in [6.45, 7) is 0. The highest BCUT2D eigenvalue weighted by molar-refractivity contribution is 7.80. The molecule has 0 radical (unpaired) electrons. The number of rotatable bonds is 14. The first-order valence-electron chi connectivity index (χ1n) is 13.3. The monoisotopic (exact) mass is 591 g/mol. The van der Waals surface area contributed by atoms with Crippen molar-refractivity contribution in [3.63, 3.8) is 0 Å². The summed E-state index contributed by atoms with van der Waals surface area (Å²) < 4.78 is 0. The average Bonchev–Trinajstić information content (AvgIpc) is 3.65. The summed E-state index contributed by atoms with van der Waals surface area (Å²) >= 11 is 4.22. The number of carbonyl (C=O) groups excluding carboxylic acids is 3. The molecule has 0 aliphatic heterocycles. The predicted octanol–water partition coefficient (Wildman–Crippen LogP) is 0.715. The molecular weight excluding hydrogens is 558 g/mol. The van der Waals surface area contributed by atoms with Gasteiger partial charge in [0.15, 0.2) is 0 Å². The van der Waals surface area contributed by atoms with E-state index >= 15 is 0 Å². The number of thiol groups is 1. The number of carboxylic acid groups (broad SMARTS) is 1. The van der Waals surface area contributed by atoms with E-state index in [1.54, 1.807) is 42.7 Å². The van der Waals surface area contributed by atoms with Crippen LogP contribution in [0.25, 0.3) is 10.9 Å². The lowest BCUT2D eigenvalue weighted by Gasteiger charge is -2.24. The second-order valence-electron chi connectivity index (χ2n) is 9.85. The van der Waals surface area contributed by atoms with E-state index in [-0.39, 0.29) is 25.0 Å². The zero-order chi connectivity index (χ0) is 30.1. The Kier molecular flexibility index (Phi) is 10.3. The van der Waals surface area contributed by atoms with Crippen LogP contribution in [-0.4, -0.2) is 73.7 Å². The number of hydrogen-bond acceptors (Lipinski definition) is 7. The Bertz CT molecular complexity index is 1510. The molecule has 13 heteroatoms. The van der Waals surface area contributed by atoms with Crippen molar-refractivity contribution in [1.29, 1.82) is 0 Å². The van der Waals surface area contributed by atoms with Crippen molar-refractivity contribution >= 4 is 47.2 Å². The molecule has 220 valence electrons. The number of para-hydroxylation sites is 1. The van der Waals surface area contributed by atoms with Gasteiger partial charge in [-0.05, 0) is 17.2 Å². The van der Waals surface area contributed by atoms with Crippen LogP contribution in [0.3, 0.4) is 0 Å². The molecule has 2 heterocycles. The highest BCUT2D eigenvalue weighted by Crippen LogP contribution is 2.19. The van der Waals surface area contributed by atoms with E-state index < -0.39 is 47.9 Å². The minimum absolute atomic E-state index is 0.0582. The molecule has 0 bridgehead atoms. The molecular formula is C29H33N7O5S. The van der Waals surface area contributed by atoms with Gasteiger partial charge in [-0.3, -0.25) is 14.4 Å². The number of nitrogens with zero attached hydrogens (tertiary/aromatic N) is 1. The van der Waals surface area contributed by atoms with Crippen molar-refractivity contribution in [3.05, 3.63) is 90.1 Å². The Morgan fingerprint density at radius 1 is 0.833 bits per heavy atom. The molecule has 42 heavy (non-hydrogen) atoms. The topological polar surface area (TPSA) is 195 Å². The Morgan fingerprint density at radius 3 is 2.19 bits per heavy atom. The third-order valence-corrected chi connectivity index (χ3v) is 7.14. The molecule has 12 nitrogen and oxygen atoms in total. The predicted molar refractivity (Wildman–Crippen MR) is 160 cm³/mol. The van der Waals surface area contributed by atoms with Gasteiger partial charge in [-0.1, -0.05) is 48.5 Å². The van der Waals surface area contributed by atoms with E-state index in [0.717, 1.165) is 22.0 Å². The molecule has 0 saturated carbocycles. The second-order valence-corrected chi connectivity index (χ2v) is 10.2. The fourth-order valence-corrected chi connectivity index (χ4v) is 4.78. The molecule has 2 aromatic heterocycles. The molecule has 4 rings (SSSR count). The third-order valence-electron chi connectivity index (χ3n) is 6.78. The van der Waals surface area contributed by atoms with Gasteiger partial charge < -0.3 is 36.8 Å². The van der Waals surface area contributed by atoms with Gasteiger partial charge in [0.05, 0.1) is 12.4 Å². The van der Waals surface area contributed by atoms with E-state index in [2.05, 4.69) is 43.5 Å². The van der Waals surface area contributed by atoms with Crippen molar-refractivity contribution < 1.29 is 24.3 Å². The molecule has 0 fully saturated rings. The van der Waals surface area contributed by atoms with Crippen LogP contribution in [0.5, 0.6) is 0 Å². The fraction of sp³-hybridized carbons (Fsp3) is 0.276. The fourth-order valence-electron chi connectivity index (χ4n) is 4.52. The normalized spacial score (nSPS) is 14.0. The lowest BCUT2D eigenvalue weighted by molar-refractivity contribution is -0.142. The number of aromatic amines is 2. The Balaban J connectivity index is 1.48. The number of fused-ring (bicyclic) bond motifs is 1. The molecule has 4 atom stereocenters. The van der Waals surface area contributed by atoms with Crippen LogP contribution in [0.15, 0.2) is 73.3 Å². The highest BCUT2D eigenvalue weighted by Gasteiger charge is 2.30. The number of H-pyrrole nitrogens is 2. The summed E-state index contributed by atoms with van der Waals surface area (Å²) in [7, 11) is 0. The number of carboxylic acids is 1. The number of aliphatic carboxylic acids is 1. The number of aromatic nitrogens is 3. The largest absolute Gasteiger partial charge is 0.480 e. The first-order chi connectivity index (χ1) is 20.2. The zero-order valence-corrected chi connectivity index (χ0v) is 23.5. The first kappa shape index (κ1) is 30.3. The second kappa shape index (κ2) is 14.3. The lowest BCUT2D eigenvalue weighted by Crippen LogP contribution is -2.58. The summed E-state index contributed by atoms with van der Waals surface area (Å²) in [5.74, 6) is -3.25. The minimum atomic E-state index is -1.22. The van der Waals surface area contributed by atoms with Crippen molar-refractivity contribution in [2.45, 2.75) is 43.4 Å². The van der Waals surface area contributed by atoms with Crippen molar-refractivity contribution in [2.75, 3.05) is 5.75 Å². The average molecular weight is 592 g/mol. The van der Waals surface area contributed by atoms with Gasteiger partial charge in [0.1, 0.15) is 18.1 Å². The summed E-state index contributed by atoms with van der Waals surface area (Å²) in [4.78, 5) is 61.5. The SMILES string of the molecule is NC(Cc1cnc[nH]1)C(=O)NC(Cc1c[nH]c2ccccc12)C(=O)NC(CS)C(=O)NC(Cc1ccccc1)C(=O)O. The maximum Gasteiger partial charge on any atom is 0.326 e. The number of amides is 3. The van der Waals surface area contributed by atoms with Crippen LogP contribution in [0, 0.1) is 0 Å². The number of carbonyl (C=O) groups is 4. The number of nitrogens with two attached hydrogens (primary N) is 1. The van der Waals surface area contributed by atoms with E-state index in [0.29, 0.717) is 5.69 Å². The van der Waals surface area contributed by atoms with Gasteiger partial charge in [0, 0.05) is 54.0 Å². The molecule has 0 aliphatic carbocycles. The maximum atomic E-state index is 13.5.